The maximum absolute atomic E-state index is 12.3. The van der Waals surface area contributed by atoms with Crippen molar-refractivity contribution in [1.82, 2.24) is 15.4 Å². The summed E-state index contributed by atoms with van der Waals surface area (Å²) in [5, 5.41) is 0.0957. The van der Waals surface area contributed by atoms with Crippen LogP contribution in [-0.2, 0) is 4.79 Å². The van der Waals surface area contributed by atoms with Gasteiger partial charge in [-0.25, -0.2) is 9.97 Å². The van der Waals surface area contributed by atoms with Crippen molar-refractivity contribution in [1.29, 1.82) is 0 Å². The second kappa shape index (κ2) is 8.34. The van der Waals surface area contributed by atoms with Crippen LogP contribution in [-0.4, -0.2) is 35.5 Å². The van der Waals surface area contributed by atoms with Gasteiger partial charge in [-0.15, -0.1) is 0 Å². The van der Waals surface area contributed by atoms with Gasteiger partial charge in [0, 0.05) is 17.0 Å². The molecule has 1 aromatic heterocycles. The Labute approximate surface area is 154 Å². The highest BCUT2D eigenvalue weighted by molar-refractivity contribution is 6.32. The summed E-state index contributed by atoms with van der Waals surface area (Å²) in [6.07, 6.45) is 0. The summed E-state index contributed by atoms with van der Waals surface area (Å²) in [7, 11) is 1.38. The third-order valence-electron chi connectivity index (χ3n) is 3.12. The number of hydrogen-bond acceptors (Lipinski definition) is 7. The van der Waals surface area contributed by atoms with E-state index in [0.29, 0.717) is 0 Å². The van der Waals surface area contributed by atoms with Crippen molar-refractivity contribution in [3.8, 4) is 11.5 Å². The molecule has 2 rings (SSSR count). The Bertz CT molecular complexity index is 823. The number of benzene rings is 1. The van der Waals surface area contributed by atoms with Crippen LogP contribution in [0.1, 0.15) is 21.7 Å². The third kappa shape index (κ3) is 4.96. The highest BCUT2D eigenvalue weighted by atomic mass is 35.5. The first-order valence-electron chi connectivity index (χ1n) is 7.47. The fourth-order valence-electron chi connectivity index (χ4n) is 2.10. The normalized spacial score (nSPS) is 10.2. The number of methoxy groups -OCH3 is 1. The highest BCUT2D eigenvalue weighted by Gasteiger charge is 2.17. The van der Waals surface area contributed by atoms with Crippen molar-refractivity contribution in [2.24, 2.45) is 5.73 Å². The Balaban J connectivity index is 2.15. The molecule has 0 radical (unpaired) electrons. The highest BCUT2D eigenvalue weighted by Crippen LogP contribution is 2.36. The SMILES string of the molecule is COc1cc(C(=O)NNc2nc(C)cc(C)n2)cc(Cl)c1OCC(N)=O. The molecule has 10 heteroatoms. The summed E-state index contributed by atoms with van der Waals surface area (Å²) in [5.41, 5.74) is 11.9. The van der Waals surface area contributed by atoms with Crippen molar-refractivity contribution in [2.45, 2.75) is 13.8 Å². The number of amides is 2. The van der Waals surface area contributed by atoms with E-state index in [1.54, 1.807) is 0 Å². The van der Waals surface area contributed by atoms with E-state index >= 15 is 0 Å². The van der Waals surface area contributed by atoms with Crippen LogP contribution in [0.5, 0.6) is 11.5 Å². The van der Waals surface area contributed by atoms with Gasteiger partial charge in [0.1, 0.15) is 0 Å². The molecule has 4 N–H and O–H groups in total. The molecule has 0 atom stereocenters. The fourth-order valence-corrected chi connectivity index (χ4v) is 2.37. The molecule has 0 saturated carbocycles. The quantitative estimate of drug-likeness (QED) is 0.620. The summed E-state index contributed by atoms with van der Waals surface area (Å²) in [5.74, 6) is -0.589. The lowest BCUT2D eigenvalue weighted by Crippen LogP contribution is -2.30. The molecule has 1 aromatic carbocycles. The van der Waals surface area contributed by atoms with Gasteiger partial charge in [0.25, 0.3) is 11.8 Å². The zero-order chi connectivity index (χ0) is 19.3. The number of carbonyl (C=O) groups is 2. The number of halogens is 1. The monoisotopic (exact) mass is 379 g/mol. The summed E-state index contributed by atoms with van der Waals surface area (Å²) >= 11 is 6.12. The van der Waals surface area contributed by atoms with E-state index in [2.05, 4.69) is 20.8 Å². The third-order valence-corrected chi connectivity index (χ3v) is 3.40. The lowest BCUT2D eigenvalue weighted by Gasteiger charge is -2.13. The predicted molar refractivity (Wildman–Crippen MR) is 95.3 cm³/mol. The van der Waals surface area contributed by atoms with E-state index in [4.69, 9.17) is 26.8 Å². The van der Waals surface area contributed by atoms with Gasteiger partial charge in [0.2, 0.25) is 5.95 Å². The zero-order valence-corrected chi connectivity index (χ0v) is 15.2. The van der Waals surface area contributed by atoms with Crippen LogP contribution >= 0.6 is 11.6 Å². The van der Waals surface area contributed by atoms with Gasteiger partial charge in [0.05, 0.1) is 12.1 Å². The molecule has 1 heterocycles. The number of nitrogens with zero attached hydrogens (tertiary/aromatic N) is 2. The number of hydrogen-bond donors (Lipinski definition) is 3. The number of rotatable bonds is 7. The summed E-state index contributed by atoms with van der Waals surface area (Å²) in [4.78, 5) is 31.5. The van der Waals surface area contributed by atoms with Gasteiger partial charge in [-0.05, 0) is 32.0 Å². The van der Waals surface area contributed by atoms with Crippen LogP contribution in [0.15, 0.2) is 18.2 Å². The van der Waals surface area contributed by atoms with E-state index in [1.165, 1.54) is 19.2 Å². The number of carbonyl (C=O) groups excluding carboxylic acids is 2. The van der Waals surface area contributed by atoms with Crippen molar-refractivity contribution in [3.05, 3.63) is 40.2 Å². The molecule has 2 amide bonds. The molecule has 9 nitrogen and oxygen atoms in total. The minimum Gasteiger partial charge on any atom is -0.493 e. The van der Waals surface area contributed by atoms with Crippen molar-refractivity contribution >= 4 is 29.4 Å². The minimum atomic E-state index is -0.664. The van der Waals surface area contributed by atoms with Crippen molar-refractivity contribution in [3.63, 3.8) is 0 Å². The first-order chi connectivity index (χ1) is 12.3. The molecule has 0 fully saturated rings. The number of primary amides is 1. The topological polar surface area (TPSA) is 128 Å². The standard InChI is InChI=1S/C16H18ClN5O4/c1-8-4-9(2)20-16(19-8)22-21-15(24)10-5-11(17)14(12(6-10)25-3)26-7-13(18)23/h4-6H,7H2,1-3H3,(H2,18,23)(H,21,24)(H,19,20,22). The number of hydrazine groups is 1. The summed E-state index contributed by atoms with van der Waals surface area (Å²) < 4.78 is 10.4. The average molecular weight is 380 g/mol. The van der Waals surface area contributed by atoms with E-state index in [1.807, 2.05) is 19.9 Å². The molecule has 0 unspecified atom stereocenters. The Kier molecular flexibility index (Phi) is 6.18. The molecule has 0 aliphatic carbocycles. The molecule has 0 saturated heterocycles. The van der Waals surface area contributed by atoms with Crippen LogP contribution in [0.25, 0.3) is 0 Å². The lowest BCUT2D eigenvalue weighted by atomic mass is 10.2. The Morgan fingerprint density at radius 3 is 2.42 bits per heavy atom. The van der Waals surface area contributed by atoms with Gasteiger partial charge in [-0.2, -0.15) is 0 Å². The van der Waals surface area contributed by atoms with Gasteiger partial charge >= 0.3 is 0 Å². The van der Waals surface area contributed by atoms with E-state index in [9.17, 15) is 9.59 Å². The second-order valence-corrected chi connectivity index (χ2v) is 5.71. The van der Waals surface area contributed by atoms with Crippen molar-refractivity contribution in [2.75, 3.05) is 19.1 Å². The summed E-state index contributed by atoms with van der Waals surface area (Å²) in [6, 6.07) is 4.60. The van der Waals surface area contributed by atoms with Gasteiger partial charge in [0.15, 0.2) is 18.1 Å². The second-order valence-electron chi connectivity index (χ2n) is 5.30. The fraction of sp³-hybridized carbons (Fsp3) is 0.250. The Morgan fingerprint density at radius 1 is 1.19 bits per heavy atom. The number of anilines is 1. The van der Waals surface area contributed by atoms with E-state index < -0.39 is 11.8 Å². The van der Waals surface area contributed by atoms with Gasteiger partial charge in [-0.3, -0.25) is 20.4 Å². The maximum Gasteiger partial charge on any atom is 0.269 e. The number of aromatic nitrogens is 2. The largest absolute Gasteiger partial charge is 0.493 e. The Hall–Kier alpha value is -3.07. The smallest absolute Gasteiger partial charge is 0.269 e. The Morgan fingerprint density at radius 2 is 1.85 bits per heavy atom. The van der Waals surface area contributed by atoms with Crippen LogP contribution in [0.4, 0.5) is 5.95 Å². The van der Waals surface area contributed by atoms with Crippen molar-refractivity contribution < 1.29 is 19.1 Å². The number of nitrogens with one attached hydrogen (secondary N) is 2. The molecule has 138 valence electrons. The average Bonchev–Trinajstić information content (AvgIpc) is 2.56. The van der Waals surface area contributed by atoms with Crippen LogP contribution < -0.4 is 26.1 Å². The minimum absolute atomic E-state index is 0.0957. The molecule has 26 heavy (non-hydrogen) atoms. The zero-order valence-electron chi connectivity index (χ0n) is 14.4. The van der Waals surface area contributed by atoms with Crippen LogP contribution in [0.2, 0.25) is 5.02 Å². The number of nitrogens with two attached hydrogens (primary N) is 1. The van der Waals surface area contributed by atoms with Gasteiger partial charge in [-0.1, -0.05) is 11.6 Å². The number of aryl methyl sites for hydroxylation is 2. The lowest BCUT2D eigenvalue weighted by molar-refractivity contribution is -0.119. The maximum atomic E-state index is 12.3. The number of ether oxygens (including phenoxy) is 2. The molecular formula is C16H18ClN5O4. The van der Waals surface area contributed by atoms with E-state index in [0.717, 1.165) is 11.4 Å². The predicted octanol–water partition coefficient (Wildman–Crippen LogP) is 1.38. The van der Waals surface area contributed by atoms with Gasteiger partial charge < -0.3 is 15.2 Å². The molecule has 2 aromatic rings. The molecular weight excluding hydrogens is 362 g/mol. The molecule has 0 aliphatic rings. The molecule has 0 spiro atoms. The van der Waals surface area contributed by atoms with Crippen LogP contribution in [0.3, 0.4) is 0 Å². The first-order valence-corrected chi connectivity index (χ1v) is 7.85. The first kappa shape index (κ1) is 19.3. The van der Waals surface area contributed by atoms with E-state index in [-0.39, 0.29) is 34.6 Å². The molecule has 0 aliphatic heterocycles. The molecule has 0 bridgehead atoms. The van der Waals surface area contributed by atoms with Crippen LogP contribution in [0, 0.1) is 13.8 Å². The summed E-state index contributed by atoms with van der Waals surface area (Å²) in [6.45, 7) is 3.27.